The Morgan fingerprint density at radius 1 is 1.29 bits per heavy atom. The molecule has 1 N–H and O–H groups in total. The second kappa shape index (κ2) is 7.52. The van der Waals surface area contributed by atoms with Crippen LogP contribution in [-0.4, -0.2) is 65.8 Å². The highest BCUT2D eigenvalue weighted by molar-refractivity contribution is 6.00. The van der Waals surface area contributed by atoms with Gasteiger partial charge >= 0.3 is 5.97 Å². The number of ether oxygens (including phenoxy) is 2. The van der Waals surface area contributed by atoms with Gasteiger partial charge < -0.3 is 24.4 Å². The Balaban J connectivity index is 1.78. The monoisotopic (exact) mass is 390 g/mol. The molecular weight excluding hydrogens is 364 g/mol. The number of likely N-dealkylation sites (N-methyl/N-ethyl adjacent to an activating group) is 1. The van der Waals surface area contributed by atoms with Crippen LogP contribution in [0.2, 0.25) is 0 Å². The van der Waals surface area contributed by atoms with E-state index >= 15 is 0 Å². The summed E-state index contributed by atoms with van der Waals surface area (Å²) in [5, 5.41) is 10.3. The van der Waals surface area contributed by atoms with Crippen molar-refractivity contribution in [3.05, 3.63) is 29.3 Å². The number of aliphatic hydroxyl groups is 1. The van der Waals surface area contributed by atoms with Crippen molar-refractivity contribution in [2.24, 2.45) is 0 Å². The average molecular weight is 390 g/mol. The number of rotatable bonds is 3. The van der Waals surface area contributed by atoms with E-state index in [1.54, 1.807) is 32.7 Å². The zero-order chi connectivity index (χ0) is 20.6. The maximum atomic E-state index is 12.9. The first kappa shape index (κ1) is 20.3. The maximum Gasteiger partial charge on any atom is 0.338 e. The number of hydrogen-bond donors (Lipinski definition) is 1. The molecule has 3 rings (SSSR count). The Morgan fingerprint density at radius 2 is 2.00 bits per heavy atom. The van der Waals surface area contributed by atoms with Crippen molar-refractivity contribution in [2.45, 2.75) is 51.5 Å². The molecule has 2 heterocycles. The third-order valence-corrected chi connectivity index (χ3v) is 4.73. The number of anilines is 1. The zero-order valence-electron chi connectivity index (χ0n) is 16.6. The van der Waals surface area contributed by atoms with E-state index in [0.717, 1.165) is 11.1 Å². The van der Waals surface area contributed by atoms with Gasteiger partial charge in [-0.3, -0.25) is 9.59 Å². The molecule has 152 valence electrons. The standard InChI is InChI=1S/C20H26N2O6/c1-20(2,3)28-19(26)16(24)17-18(25)22(7-8-27-17)14-6-5-12-11-21(4)15(23)10-13(12)9-14/h5-6,9,16-17,24H,7-8,10-11H2,1-4H3. The van der Waals surface area contributed by atoms with Gasteiger partial charge in [0, 0.05) is 25.8 Å². The molecule has 8 nitrogen and oxygen atoms in total. The molecule has 2 atom stereocenters. The van der Waals surface area contributed by atoms with Crippen molar-refractivity contribution >= 4 is 23.5 Å². The van der Waals surface area contributed by atoms with Crippen molar-refractivity contribution in [2.75, 3.05) is 25.1 Å². The molecular formula is C20H26N2O6. The smallest absolute Gasteiger partial charge is 0.338 e. The van der Waals surface area contributed by atoms with Crippen LogP contribution in [0.3, 0.4) is 0 Å². The molecule has 1 saturated heterocycles. The van der Waals surface area contributed by atoms with E-state index < -0.39 is 29.7 Å². The van der Waals surface area contributed by atoms with Gasteiger partial charge in [0.05, 0.1) is 13.0 Å². The third kappa shape index (κ3) is 4.18. The molecule has 0 radical (unpaired) electrons. The van der Waals surface area contributed by atoms with Crippen LogP contribution in [0.4, 0.5) is 5.69 Å². The molecule has 0 bridgehead atoms. The van der Waals surface area contributed by atoms with Crippen LogP contribution in [0, 0.1) is 0 Å². The van der Waals surface area contributed by atoms with E-state index in [4.69, 9.17) is 9.47 Å². The van der Waals surface area contributed by atoms with Crippen LogP contribution in [0.25, 0.3) is 0 Å². The molecule has 2 aliphatic rings. The lowest BCUT2D eigenvalue weighted by Gasteiger charge is -2.35. The molecule has 1 fully saturated rings. The molecule has 0 saturated carbocycles. The topological polar surface area (TPSA) is 96.4 Å². The van der Waals surface area contributed by atoms with Crippen LogP contribution >= 0.6 is 0 Å². The number of amides is 2. The van der Waals surface area contributed by atoms with Crippen LogP contribution in [0.5, 0.6) is 0 Å². The number of hydrogen-bond acceptors (Lipinski definition) is 6. The Bertz CT molecular complexity index is 800. The predicted molar refractivity (Wildman–Crippen MR) is 101 cm³/mol. The first-order chi connectivity index (χ1) is 13.1. The van der Waals surface area contributed by atoms with Crippen LogP contribution in [0.15, 0.2) is 18.2 Å². The molecule has 1 aromatic rings. The lowest BCUT2D eigenvalue weighted by Crippen LogP contribution is -2.55. The minimum atomic E-state index is -1.71. The van der Waals surface area contributed by atoms with Gasteiger partial charge in [-0.15, -0.1) is 0 Å². The quantitative estimate of drug-likeness (QED) is 0.761. The second-order valence-electron chi connectivity index (χ2n) is 8.14. The molecule has 0 aliphatic carbocycles. The van der Waals surface area contributed by atoms with Crippen LogP contribution in [0.1, 0.15) is 31.9 Å². The van der Waals surface area contributed by atoms with E-state index in [-0.39, 0.29) is 18.9 Å². The molecule has 0 spiro atoms. The van der Waals surface area contributed by atoms with Crippen molar-refractivity contribution < 1.29 is 29.0 Å². The molecule has 2 amide bonds. The van der Waals surface area contributed by atoms with Gasteiger partial charge in [0.2, 0.25) is 5.91 Å². The SMILES string of the molecule is CN1Cc2ccc(N3CCOC(C(O)C(=O)OC(C)(C)C)C3=O)cc2CC1=O. The van der Waals surface area contributed by atoms with Gasteiger partial charge in [-0.25, -0.2) is 4.79 Å². The highest BCUT2D eigenvalue weighted by Crippen LogP contribution is 2.27. The largest absolute Gasteiger partial charge is 0.458 e. The molecule has 0 aromatic heterocycles. The molecule has 8 heteroatoms. The van der Waals surface area contributed by atoms with Crippen molar-refractivity contribution in [3.63, 3.8) is 0 Å². The summed E-state index contributed by atoms with van der Waals surface area (Å²) in [6.45, 7) is 6.04. The Kier molecular flexibility index (Phi) is 5.45. The number of fused-ring (bicyclic) bond motifs is 1. The molecule has 2 unspecified atom stereocenters. The number of morpholine rings is 1. The number of carbonyl (C=O) groups is 3. The fourth-order valence-electron chi connectivity index (χ4n) is 3.31. The van der Waals surface area contributed by atoms with E-state index in [2.05, 4.69) is 0 Å². The summed E-state index contributed by atoms with van der Waals surface area (Å²) in [6, 6.07) is 5.53. The number of benzene rings is 1. The van der Waals surface area contributed by atoms with Crippen LogP contribution in [-0.2, 0) is 36.8 Å². The van der Waals surface area contributed by atoms with Gasteiger partial charge in [0.1, 0.15) is 5.60 Å². The van der Waals surface area contributed by atoms with E-state index in [0.29, 0.717) is 18.8 Å². The summed E-state index contributed by atoms with van der Waals surface area (Å²) in [4.78, 5) is 40.1. The summed E-state index contributed by atoms with van der Waals surface area (Å²) in [5.74, 6) is -1.38. The first-order valence-electron chi connectivity index (χ1n) is 9.26. The normalized spacial score (nSPS) is 21.4. The van der Waals surface area contributed by atoms with Crippen molar-refractivity contribution in [3.8, 4) is 0 Å². The Morgan fingerprint density at radius 3 is 2.68 bits per heavy atom. The number of esters is 1. The first-order valence-corrected chi connectivity index (χ1v) is 9.26. The van der Waals surface area contributed by atoms with E-state index in [1.807, 2.05) is 18.2 Å². The summed E-state index contributed by atoms with van der Waals surface area (Å²) in [7, 11) is 1.76. The summed E-state index contributed by atoms with van der Waals surface area (Å²) < 4.78 is 10.5. The minimum Gasteiger partial charge on any atom is -0.458 e. The zero-order valence-corrected chi connectivity index (χ0v) is 16.6. The van der Waals surface area contributed by atoms with Gasteiger partial charge in [0.15, 0.2) is 12.2 Å². The highest BCUT2D eigenvalue weighted by Gasteiger charge is 2.41. The molecule has 1 aromatic carbocycles. The van der Waals surface area contributed by atoms with Gasteiger partial charge in [-0.2, -0.15) is 0 Å². The lowest BCUT2D eigenvalue weighted by atomic mass is 9.98. The predicted octanol–water partition coefficient (Wildman–Crippen LogP) is 0.635. The lowest BCUT2D eigenvalue weighted by molar-refractivity contribution is -0.177. The summed E-state index contributed by atoms with van der Waals surface area (Å²) >= 11 is 0. The van der Waals surface area contributed by atoms with Crippen molar-refractivity contribution in [1.82, 2.24) is 4.90 Å². The van der Waals surface area contributed by atoms with Gasteiger partial charge in [-0.1, -0.05) is 6.07 Å². The summed E-state index contributed by atoms with van der Waals surface area (Å²) in [6.07, 6.45) is -2.75. The molecule has 28 heavy (non-hydrogen) atoms. The average Bonchev–Trinajstić information content (AvgIpc) is 2.60. The number of carbonyl (C=O) groups excluding carboxylic acids is 3. The van der Waals surface area contributed by atoms with Gasteiger partial charge in [-0.05, 0) is 44.0 Å². The number of aliphatic hydroxyl groups excluding tert-OH is 1. The maximum absolute atomic E-state index is 12.9. The van der Waals surface area contributed by atoms with Crippen molar-refractivity contribution in [1.29, 1.82) is 0 Å². The Hall–Kier alpha value is -2.45. The highest BCUT2D eigenvalue weighted by atomic mass is 16.6. The van der Waals surface area contributed by atoms with E-state index in [1.165, 1.54) is 4.90 Å². The minimum absolute atomic E-state index is 0.0242. The molecule has 2 aliphatic heterocycles. The second-order valence-corrected chi connectivity index (χ2v) is 8.14. The van der Waals surface area contributed by atoms with Gasteiger partial charge in [0.25, 0.3) is 5.91 Å². The number of nitrogens with zero attached hydrogens (tertiary/aromatic N) is 2. The summed E-state index contributed by atoms with van der Waals surface area (Å²) in [5.41, 5.74) is 1.75. The third-order valence-electron chi connectivity index (χ3n) is 4.73. The van der Waals surface area contributed by atoms with E-state index in [9.17, 15) is 19.5 Å². The van der Waals surface area contributed by atoms with Crippen LogP contribution < -0.4 is 4.90 Å². The Labute approximate surface area is 164 Å². The fourth-order valence-corrected chi connectivity index (χ4v) is 3.31. The fraction of sp³-hybridized carbons (Fsp3) is 0.550.